The SMILES string of the molecule is CNCCc1cc2cccc(C(C)C)c2nc1C. The van der Waals surface area contributed by atoms with Crippen LogP contribution in [0.1, 0.15) is 36.6 Å². The second kappa shape index (κ2) is 5.49. The average molecular weight is 242 g/mol. The van der Waals surface area contributed by atoms with Gasteiger partial charge in [0.1, 0.15) is 0 Å². The lowest BCUT2D eigenvalue weighted by Crippen LogP contribution is -2.11. The van der Waals surface area contributed by atoms with Gasteiger partial charge in [-0.25, -0.2) is 0 Å². The zero-order chi connectivity index (χ0) is 13.1. The van der Waals surface area contributed by atoms with E-state index in [9.17, 15) is 0 Å². The Bertz CT molecular complexity index is 544. The van der Waals surface area contributed by atoms with Gasteiger partial charge in [0, 0.05) is 11.1 Å². The number of rotatable bonds is 4. The van der Waals surface area contributed by atoms with Crippen LogP contribution in [0.15, 0.2) is 24.3 Å². The lowest BCUT2D eigenvalue weighted by atomic mass is 9.98. The average Bonchev–Trinajstić information content (AvgIpc) is 2.35. The third-order valence-electron chi connectivity index (χ3n) is 3.44. The Kier molecular flexibility index (Phi) is 3.97. The zero-order valence-electron chi connectivity index (χ0n) is 11.7. The summed E-state index contributed by atoms with van der Waals surface area (Å²) in [5.41, 5.74) is 5.01. The van der Waals surface area contributed by atoms with Gasteiger partial charge in [-0.3, -0.25) is 4.98 Å². The fourth-order valence-corrected chi connectivity index (χ4v) is 2.34. The molecule has 0 aliphatic heterocycles. The van der Waals surface area contributed by atoms with Crippen molar-refractivity contribution in [1.82, 2.24) is 10.3 Å². The standard InChI is InChI=1S/C16H22N2/c1-11(2)15-7-5-6-14-10-13(8-9-17-4)12(3)18-16(14)15/h5-7,10-11,17H,8-9H2,1-4H3. The summed E-state index contributed by atoms with van der Waals surface area (Å²) in [5.74, 6) is 0.517. The molecule has 0 aliphatic rings. The van der Waals surface area contributed by atoms with Crippen molar-refractivity contribution in [3.63, 3.8) is 0 Å². The molecule has 0 atom stereocenters. The number of hydrogen-bond acceptors (Lipinski definition) is 2. The molecule has 2 heteroatoms. The summed E-state index contributed by atoms with van der Waals surface area (Å²) in [6.07, 6.45) is 1.04. The molecular weight excluding hydrogens is 220 g/mol. The highest BCUT2D eigenvalue weighted by molar-refractivity contribution is 5.83. The van der Waals surface area contributed by atoms with Crippen molar-refractivity contribution in [3.05, 3.63) is 41.1 Å². The second-order valence-corrected chi connectivity index (χ2v) is 5.16. The topological polar surface area (TPSA) is 24.9 Å². The van der Waals surface area contributed by atoms with Crippen LogP contribution in [0.4, 0.5) is 0 Å². The van der Waals surface area contributed by atoms with Gasteiger partial charge in [-0.1, -0.05) is 32.0 Å². The Balaban J connectivity index is 2.53. The second-order valence-electron chi connectivity index (χ2n) is 5.16. The van der Waals surface area contributed by atoms with E-state index in [2.05, 4.69) is 50.4 Å². The van der Waals surface area contributed by atoms with Crippen molar-refractivity contribution in [3.8, 4) is 0 Å². The van der Waals surface area contributed by atoms with Crippen molar-refractivity contribution in [1.29, 1.82) is 0 Å². The predicted octanol–water partition coefficient (Wildman–Crippen LogP) is 3.43. The maximum absolute atomic E-state index is 4.82. The highest BCUT2D eigenvalue weighted by Gasteiger charge is 2.09. The van der Waals surface area contributed by atoms with Gasteiger partial charge in [-0.05, 0) is 50.0 Å². The summed E-state index contributed by atoms with van der Waals surface area (Å²) < 4.78 is 0. The number of benzene rings is 1. The summed E-state index contributed by atoms with van der Waals surface area (Å²) in [4.78, 5) is 4.82. The molecule has 0 bridgehead atoms. The van der Waals surface area contributed by atoms with Crippen molar-refractivity contribution in [2.75, 3.05) is 13.6 Å². The van der Waals surface area contributed by atoms with E-state index in [0.29, 0.717) is 5.92 Å². The van der Waals surface area contributed by atoms with E-state index in [0.717, 1.165) is 18.7 Å². The van der Waals surface area contributed by atoms with Crippen LogP contribution in [0.3, 0.4) is 0 Å². The van der Waals surface area contributed by atoms with E-state index < -0.39 is 0 Å². The van der Waals surface area contributed by atoms with Crippen LogP contribution in [-0.4, -0.2) is 18.6 Å². The first-order chi connectivity index (χ1) is 8.63. The Morgan fingerprint density at radius 2 is 2.06 bits per heavy atom. The van der Waals surface area contributed by atoms with Crippen LogP contribution in [-0.2, 0) is 6.42 Å². The molecule has 0 saturated heterocycles. The fraction of sp³-hybridized carbons (Fsp3) is 0.438. The Hall–Kier alpha value is -1.41. The van der Waals surface area contributed by atoms with E-state index >= 15 is 0 Å². The summed E-state index contributed by atoms with van der Waals surface area (Å²) in [5, 5.41) is 4.46. The first kappa shape index (κ1) is 13.0. The third kappa shape index (κ3) is 2.54. The summed E-state index contributed by atoms with van der Waals surface area (Å²) in [6.45, 7) is 7.56. The van der Waals surface area contributed by atoms with Gasteiger partial charge in [-0.2, -0.15) is 0 Å². The van der Waals surface area contributed by atoms with Crippen LogP contribution in [0.5, 0.6) is 0 Å². The number of para-hydroxylation sites is 1. The maximum atomic E-state index is 4.82. The smallest absolute Gasteiger partial charge is 0.0739 e. The summed E-state index contributed by atoms with van der Waals surface area (Å²) in [6, 6.07) is 8.78. The number of pyridine rings is 1. The van der Waals surface area contributed by atoms with E-state index in [1.807, 2.05) is 7.05 Å². The van der Waals surface area contributed by atoms with Gasteiger partial charge in [0.25, 0.3) is 0 Å². The van der Waals surface area contributed by atoms with Crippen molar-refractivity contribution in [2.24, 2.45) is 0 Å². The van der Waals surface area contributed by atoms with Crippen molar-refractivity contribution in [2.45, 2.75) is 33.1 Å². The molecule has 18 heavy (non-hydrogen) atoms. The van der Waals surface area contributed by atoms with Crippen LogP contribution < -0.4 is 5.32 Å². The van der Waals surface area contributed by atoms with Crippen LogP contribution in [0.25, 0.3) is 10.9 Å². The first-order valence-corrected chi connectivity index (χ1v) is 6.67. The van der Waals surface area contributed by atoms with E-state index in [-0.39, 0.29) is 0 Å². The fourth-order valence-electron chi connectivity index (χ4n) is 2.34. The predicted molar refractivity (Wildman–Crippen MR) is 78.2 cm³/mol. The zero-order valence-corrected chi connectivity index (χ0v) is 11.7. The Morgan fingerprint density at radius 3 is 2.72 bits per heavy atom. The summed E-state index contributed by atoms with van der Waals surface area (Å²) >= 11 is 0. The van der Waals surface area contributed by atoms with Gasteiger partial charge in [-0.15, -0.1) is 0 Å². The first-order valence-electron chi connectivity index (χ1n) is 6.67. The Morgan fingerprint density at radius 1 is 1.28 bits per heavy atom. The maximum Gasteiger partial charge on any atom is 0.0739 e. The number of fused-ring (bicyclic) bond motifs is 1. The molecule has 0 aliphatic carbocycles. The van der Waals surface area contributed by atoms with Gasteiger partial charge >= 0.3 is 0 Å². The molecule has 2 nitrogen and oxygen atoms in total. The van der Waals surface area contributed by atoms with Gasteiger partial charge < -0.3 is 5.32 Å². The number of hydrogen-bond donors (Lipinski definition) is 1. The quantitative estimate of drug-likeness (QED) is 0.888. The number of likely N-dealkylation sites (N-methyl/N-ethyl adjacent to an activating group) is 1. The number of nitrogens with one attached hydrogen (secondary N) is 1. The van der Waals surface area contributed by atoms with Gasteiger partial charge in [0.15, 0.2) is 0 Å². The van der Waals surface area contributed by atoms with Gasteiger partial charge in [0.2, 0.25) is 0 Å². The monoisotopic (exact) mass is 242 g/mol. The lowest BCUT2D eigenvalue weighted by molar-refractivity contribution is 0.785. The molecule has 0 amide bonds. The molecule has 0 radical (unpaired) electrons. The van der Waals surface area contributed by atoms with E-state index in [4.69, 9.17) is 4.98 Å². The summed E-state index contributed by atoms with van der Waals surface area (Å²) in [7, 11) is 1.99. The molecule has 0 unspecified atom stereocenters. The Labute approximate surface area is 109 Å². The van der Waals surface area contributed by atoms with Crippen molar-refractivity contribution >= 4 is 10.9 Å². The minimum absolute atomic E-state index is 0.517. The third-order valence-corrected chi connectivity index (χ3v) is 3.44. The highest BCUT2D eigenvalue weighted by atomic mass is 14.8. The van der Waals surface area contributed by atoms with Crippen LogP contribution in [0.2, 0.25) is 0 Å². The molecule has 2 rings (SSSR count). The molecule has 96 valence electrons. The molecule has 1 N–H and O–H groups in total. The molecule has 1 heterocycles. The van der Waals surface area contributed by atoms with Crippen LogP contribution >= 0.6 is 0 Å². The van der Waals surface area contributed by atoms with Crippen molar-refractivity contribution < 1.29 is 0 Å². The minimum atomic E-state index is 0.517. The molecular formula is C16H22N2. The van der Waals surface area contributed by atoms with Gasteiger partial charge in [0.05, 0.1) is 5.52 Å². The lowest BCUT2D eigenvalue weighted by Gasteiger charge is -2.12. The molecule has 1 aromatic heterocycles. The minimum Gasteiger partial charge on any atom is -0.319 e. The highest BCUT2D eigenvalue weighted by Crippen LogP contribution is 2.25. The molecule has 1 aromatic carbocycles. The largest absolute Gasteiger partial charge is 0.319 e. The normalized spacial score (nSPS) is 11.4. The van der Waals surface area contributed by atoms with Crippen LogP contribution in [0, 0.1) is 6.92 Å². The van der Waals surface area contributed by atoms with E-state index in [1.165, 1.54) is 22.0 Å². The van der Waals surface area contributed by atoms with E-state index in [1.54, 1.807) is 0 Å². The number of aromatic nitrogens is 1. The molecule has 0 saturated carbocycles. The molecule has 0 fully saturated rings. The number of aryl methyl sites for hydroxylation is 1. The number of nitrogens with zero attached hydrogens (tertiary/aromatic N) is 1. The molecule has 0 spiro atoms. The molecule has 2 aromatic rings.